The van der Waals surface area contributed by atoms with Gasteiger partial charge in [-0.05, 0) is 37.3 Å². The van der Waals surface area contributed by atoms with Crippen molar-refractivity contribution in [2.75, 3.05) is 11.9 Å². The zero-order valence-corrected chi connectivity index (χ0v) is 19.4. The Labute approximate surface area is 199 Å². The average Bonchev–Trinajstić information content (AvgIpc) is 3.28. The second-order valence-corrected chi connectivity index (χ2v) is 9.58. The number of amidine groups is 1. The third-order valence-corrected chi connectivity index (χ3v) is 7.18. The summed E-state index contributed by atoms with van der Waals surface area (Å²) < 4.78 is 39.8. The van der Waals surface area contributed by atoms with Crippen LogP contribution in [0.4, 0.5) is 24.0 Å². The first-order chi connectivity index (χ1) is 15.7. The Hall–Kier alpha value is -2.63. The van der Waals surface area contributed by atoms with Gasteiger partial charge in [-0.3, -0.25) is 14.5 Å². The average molecular weight is 513 g/mol. The molecule has 0 bridgehead atoms. The summed E-state index contributed by atoms with van der Waals surface area (Å²) in [4.78, 5) is 35.7. The van der Waals surface area contributed by atoms with Gasteiger partial charge in [0.05, 0.1) is 26.5 Å². The van der Waals surface area contributed by atoms with Crippen molar-refractivity contribution < 1.29 is 22.8 Å². The van der Waals surface area contributed by atoms with Crippen LogP contribution in [0.25, 0.3) is 10.2 Å². The van der Waals surface area contributed by atoms with E-state index in [1.807, 2.05) is 24.3 Å². The Morgan fingerprint density at radius 3 is 2.73 bits per heavy atom. The Balaban J connectivity index is 1.49. The van der Waals surface area contributed by atoms with Crippen LogP contribution in [0.3, 0.4) is 0 Å². The maximum Gasteiger partial charge on any atom is 0.416 e. The fraction of sp³-hybridized carbons (Fsp3) is 0.238. The molecule has 1 aliphatic heterocycles. The topological polar surface area (TPSA) is 74.7 Å². The number of fused-ring (bicyclic) bond motifs is 1. The van der Waals surface area contributed by atoms with E-state index in [9.17, 15) is 22.8 Å². The Morgan fingerprint density at radius 1 is 1.27 bits per heavy atom. The summed E-state index contributed by atoms with van der Waals surface area (Å²) in [7, 11) is 0. The van der Waals surface area contributed by atoms with Crippen molar-refractivity contribution in [1.29, 1.82) is 0 Å². The number of hydrogen-bond donors (Lipinski definition) is 1. The third-order valence-electron chi connectivity index (χ3n) is 4.75. The van der Waals surface area contributed by atoms with Crippen LogP contribution in [0.15, 0.2) is 47.5 Å². The summed E-state index contributed by atoms with van der Waals surface area (Å²) in [5, 5.41) is 2.51. The maximum atomic E-state index is 13.0. The Bertz CT molecular complexity index is 1230. The number of anilines is 1. The number of nitrogens with one attached hydrogen (secondary N) is 1. The second-order valence-electron chi connectivity index (χ2n) is 6.99. The second kappa shape index (κ2) is 9.32. The Kier molecular flexibility index (Phi) is 6.64. The number of hydrogen-bond acceptors (Lipinski definition) is 6. The number of benzene rings is 2. The molecule has 2 amide bonds. The molecule has 0 saturated carbocycles. The molecule has 0 spiro atoms. The van der Waals surface area contributed by atoms with E-state index in [0.717, 1.165) is 40.2 Å². The molecule has 1 fully saturated rings. The van der Waals surface area contributed by atoms with E-state index in [0.29, 0.717) is 16.8 Å². The van der Waals surface area contributed by atoms with E-state index in [2.05, 4.69) is 15.3 Å². The number of amides is 2. The zero-order valence-electron chi connectivity index (χ0n) is 17.0. The highest BCUT2D eigenvalue weighted by Gasteiger charge is 2.39. The number of thioether (sulfide) groups is 1. The Morgan fingerprint density at radius 2 is 2.03 bits per heavy atom. The number of carbonyl (C=O) groups is 2. The van der Waals surface area contributed by atoms with Gasteiger partial charge < -0.3 is 5.32 Å². The molecule has 1 aliphatic rings. The van der Waals surface area contributed by atoms with Crippen LogP contribution in [-0.2, 0) is 15.8 Å². The lowest BCUT2D eigenvalue weighted by atomic mass is 10.2. The van der Waals surface area contributed by atoms with E-state index in [1.54, 1.807) is 6.92 Å². The van der Waals surface area contributed by atoms with Crippen LogP contribution in [0.1, 0.15) is 18.9 Å². The van der Waals surface area contributed by atoms with Crippen molar-refractivity contribution in [1.82, 2.24) is 9.88 Å². The van der Waals surface area contributed by atoms with Crippen LogP contribution in [-0.4, -0.2) is 38.7 Å². The molecule has 0 aliphatic carbocycles. The first-order valence-electron chi connectivity index (χ1n) is 9.74. The number of carbonyl (C=O) groups excluding carboxylic acids is 2. The SMILES string of the molecule is CCN1C(=O)C(CC(=O)Nc2cc(C(F)(F)F)ccc2Cl)SC1=Nc1nc2ccccc2s1. The van der Waals surface area contributed by atoms with Gasteiger partial charge in [-0.15, -0.1) is 0 Å². The number of alkyl halides is 3. The fourth-order valence-corrected chi connectivity index (χ4v) is 5.44. The van der Waals surface area contributed by atoms with Crippen LogP contribution < -0.4 is 5.32 Å². The van der Waals surface area contributed by atoms with Crippen LogP contribution in [0, 0.1) is 0 Å². The molecule has 1 saturated heterocycles. The summed E-state index contributed by atoms with van der Waals surface area (Å²) in [5.74, 6) is -0.924. The minimum atomic E-state index is -4.57. The van der Waals surface area contributed by atoms with E-state index in [4.69, 9.17) is 11.6 Å². The predicted octanol–water partition coefficient (Wildman–Crippen LogP) is 5.95. The predicted molar refractivity (Wildman–Crippen MR) is 125 cm³/mol. The quantitative estimate of drug-likeness (QED) is 0.458. The largest absolute Gasteiger partial charge is 0.416 e. The van der Waals surface area contributed by atoms with Gasteiger partial charge in [0.25, 0.3) is 0 Å². The minimum absolute atomic E-state index is 0.0324. The van der Waals surface area contributed by atoms with E-state index < -0.39 is 22.9 Å². The summed E-state index contributed by atoms with van der Waals surface area (Å²) in [5.41, 5.74) is -0.299. The number of thiazole rings is 1. The van der Waals surface area contributed by atoms with E-state index >= 15 is 0 Å². The van der Waals surface area contributed by atoms with Crippen molar-refractivity contribution in [3.05, 3.63) is 53.1 Å². The summed E-state index contributed by atoms with van der Waals surface area (Å²) >= 11 is 8.45. The number of rotatable bonds is 5. The van der Waals surface area contributed by atoms with Crippen molar-refractivity contribution in [2.45, 2.75) is 24.8 Å². The lowest BCUT2D eigenvalue weighted by molar-refractivity contribution is -0.137. The molecule has 6 nitrogen and oxygen atoms in total. The number of aromatic nitrogens is 1. The van der Waals surface area contributed by atoms with Crippen molar-refractivity contribution in [3.8, 4) is 0 Å². The molecule has 172 valence electrons. The van der Waals surface area contributed by atoms with Crippen LogP contribution in [0.2, 0.25) is 5.02 Å². The molecule has 2 aromatic carbocycles. The number of halogens is 4. The molecule has 3 aromatic rings. The summed E-state index contributed by atoms with van der Waals surface area (Å²) in [6.45, 7) is 2.14. The number of nitrogens with zero attached hydrogens (tertiary/aromatic N) is 3. The van der Waals surface area contributed by atoms with Crippen molar-refractivity contribution in [2.24, 2.45) is 4.99 Å². The van der Waals surface area contributed by atoms with Gasteiger partial charge in [-0.25, -0.2) is 4.98 Å². The van der Waals surface area contributed by atoms with Gasteiger partial charge >= 0.3 is 6.18 Å². The van der Waals surface area contributed by atoms with Gasteiger partial charge in [-0.2, -0.15) is 18.2 Å². The lowest BCUT2D eigenvalue weighted by Gasteiger charge is -2.13. The molecule has 33 heavy (non-hydrogen) atoms. The van der Waals surface area contributed by atoms with Crippen molar-refractivity contribution >= 4 is 72.7 Å². The molecule has 1 atom stereocenters. The smallest absolute Gasteiger partial charge is 0.325 e. The summed E-state index contributed by atoms with van der Waals surface area (Å²) in [6, 6.07) is 10.2. The maximum absolute atomic E-state index is 13.0. The molecule has 1 N–H and O–H groups in total. The highest BCUT2D eigenvalue weighted by atomic mass is 35.5. The van der Waals surface area contributed by atoms with Gasteiger partial charge in [0.1, 0.15) is 5.25 Å². The highest BCUT2D eigenvalue weighted by molar-refractivity contribution is 8.15. The molecule has 1 aromatic heterocycles. The first-order valence-corrected chi connectivity index (χ1v) is 11.8. The molecule has 2 heterocycles. The fourth-order valence-electron chi connectivity index (χ4n) is 3.17. The molecular weight excluding hydrogens is 497 g/mol. The highest BCUT2D eigenvalue weighted by Crippen LogP contribution is 2.36. The van der Waals surface area contributed by atoms with Crippen LogP contribution >= 0.6 is 34.7 Å². The normalized spacial score (nSPS) is 17.8. The standard InChI is InChI=1S/C21H16ClF3N4O2S2/c1-2-29-18(31)16(33-20(29)28-19-27-13-5-3-4-6-15(13)32-19)10-17(30)26-14-9-11(21(23,24)25)7-8-12(14)22/h3-9,16H,2,10H2,1H3,(H,26,30). The minimum Gasteiger partial charge on any atom is -0.325 e. The molecule has 1 unspecified atom stereocenters. The number of para-hydroxylation sites is 1. The third kappa shape index (κ3) is 5.15. The molecule has 12 heteroatoms. The molecular formula is C21H16ClF3N4O2S2. The monoisotopic (exact) mass is 512 g/mol. The van der Waals surface area contributed by atoms with Gasteiger partial charge in [-0.1, -0.05) is 46.8 Å². The van der Waals surface area contributed by atoms with Crippen LogP contribution in [0.5, 0.6) is 0 Å². The van der Waals surface area contributed by atoms with Crippen molar-refractivity contribution in [3.63, 3.8) is 0 Å². The van der Waals surface area contributed by atoms with E-state index in [1.165, 1.54) is 16.2 Å². The first kappa shape index (κ1) is 23.5. The molecule has 4 rings (SSSR count). The summed E-state index contributed by atoms with van der Waals surface area (Å²) in [6.07, 6.45) is -4.82. The lowest BCUT2D eigenvalue weighted by Crippen LogP contribution is -2.33. The van der Waals surface area contributed by atoms with E-state index in [-0.39, 0.29) is 23.0 Å². The van der Waals surface area contributed by atoms with Gasteiger partial charge in [0, 0.05) is 13.0 Å². The molecule has 0 radical (unpaired) electrons. The van der Waals surface area contributed by atoms with Gasteiger partial charge in [0.2, 0.25) is 16.9 Å². The zero-order chi connectivity index (χ0) is 23.8. The van der Waals surface area contributed by atoms with Gasteiger partial charge in [0.15, 0.2) is 5.17 Å². The number of aliphatic imine (C=N–C) groups is 1.